The molecule has 0 aliphatic heterocycles. The van der Waals surface area contributed by atoms with Crippen LogP contribution < -0.4 is 4.74 Å². The predicted molar refractivity (Wildman–Crippen MR) is 102 cm³/mol. The first kappa shape index (κ1) is 19.6. The van der Waals surface area contributed by atoms with Crippen LogP contribution in [0.3, 0.4) is 0 Å². The summed E-state index contributed by atoms with van der Waals surface area (Å²) in [6.45, 7) is 4.39. The quantitative estimate of drug-likeness (QED) is 0.432. The molecule has 0 N–H and O–H groups in total. The second-order valence-corrected chi connectivity index (χ2v) is 8.32. The van der Waals surface area contributed by atoms with Crippen molar-refractivity contribution < 1.29 is 13.5 Å². The molecule has 2 fully saturated rings. The van der Waals surface area contributed by atoms with Crippen molar-refractivity contribution in [3.63, 3.8) is 0 Å². The lowest BCUT2D eigenvalue weighted by atomic mass is 9.84. The normalized spacial score (nSPS) is 27.7. The summed E-state index contributed by atoms with van der Waals surface area (Å²) in [5.74, 6) is 1.85. The Morgan fingerprint density at radius 1 is 0.885 bits per heavy atom. The molecule has 3 rings (SSSR count). The number of halogens is 2. The Morgan fingerprint density at radius 2 is 1.58 bits per heavy atom. The van der Waals surface area contributed by atoms with Crippen molar-refractivity contribution in [2.45, 2.75) is 78.1 Å². The number of hydrogen-bond donors (Lipinski definition) is 0. The molecule has 0 bridgehead atoms. The Hall–Kier alpha value is -1.12. The van der Waals surface area contributed by atoms with E-state index in [1.54, 1.807) is 19.1 Å². The van der Waals surface area contributed by atoms with Crippen LogP contribution in [0.5, 0.6) is 5.75 Å². The molecule has 146 valence electrons. The number of rotatable bonds is 9. The molecule has 4 atom stereocenters. The Balaban J connectivity index is 1.54. The number of unbranched alkanes of at least 4 members (excludes halogenated alkanes) is 2. The van der Waals surface area contributed by atoms with E-state index in [-0.39, 0.29) is 5.75 Å². The van der Waals surface area contributed by atoms with Gasteiger partial charge in [-0.2, -0.15) is 4.39 Å². The van der Waals surface area contributed by atoms with Crippen LogP contribution in [0.15, 0.2) is 12.1 Å². The molecule has 0 heterocycles. The van der Waals surface area contributed by atoms with Crippen molar-refractivity contribution in [2.24, 2.45) is 23.7 Å². The fourth-order valence-corrected chi connectivity index (χ4v) is 5.59. The zero-order valence-corrected chi connectivity index (χ0v) is 16.4. The van der Waals surface area contributed by atoms with Crippen LogP contribution in [0, 0.1) is 35.3 Å². The average Bonchev–Trinajstić information content (AvgIpc) is 3.22. The van der Waals surface area contributed by atoms with Crippen molar-refractivity contribution in [1.82, 2.24) is 0 Å². The van der Waals surface area contributed by atoms with Crippen LogP contribution in [0.25, 0.3) is 0 Å². The molecule has 2 saturated carbocycles. The first-order valence-corrected chi connectivity index (χ1v) is 10.7. The van der Waals surface area contributed by atoms with Gasteiger partial charge in [0.15, 0.2) is 11.6 Å². The fraction of sp³-hybridized carbons (Fsp3) is 0.739. The Kier molecular flexibility index (Phi) is 6.94. The molecule has 0 spiro atoms. The lowest BCUT2D eigenvalue weighted by Gasteiger charge is -2.21. The summed E-state index contributed by atoms with van der Waals surface area (Å²) in [6.07, 6.45) is 12.5. The number of ether oxygens (including phenoxy) is 1. The molecule has 2 aliphatic rings. The smallest absolute Gasteiger partial charge is 0.200 e. The maximum absolute atomic E-state index is 14.3. The summed E-state index contributed by atoms with van der Waals surface area (Å²) in [4.78, 5) is 0. The third-order valence-corrected chi connectivity index (χ3v) is 6.89. The maximum atomic E-state index is 14.3. The molecule has 0 saturated heterocycles. The van der Waals surface area contributed by atoms with Crippen molar-refractivity contribution in [1.29, 1.82) is 0 Å². The number of hydrogen-bond acceptors (Lipinski definition) is 1. The molecule has 1 nitrogen and oxygen atoms in total. The van der Waals surface area contributed by atoms with Gasteiger partial charge in [0, 0.05) is 0 Å². The van der Waals surface area contributed by atoms with Gasteiger partial charge in [0.1, 0.15) is 0 Å². The lowest BCUT2D eigenvalue weighted by Crippen LogP contribution is -2.14. The van der Waals surface area contributed by atoms with Gasteiger partial charge in [-0.05, 0) is 80.8 Å². The van der Waals surface area contributed by atoms with Gasteiger partial charge in [-0.25, -0.2) is 4.39 Å². The molecule has 0 aromatic heterocycles. The highest BCUT2D eigenvalue weighted by Crippen LogP contribution is 2.53. The zero-order valence-electron chi connectivity index (χ0n) is 16.4. The van der Waals surface area contributed by atoms with Crippen LogP contribution in [-0.4, -0.2) is 6.61 Å². The molecule has 0 radical (unpaired) electrons. The SMILES string of the molecule is CCCCCC1CCC2C(CCc3ccc(OCC)c(F)c3F)CCC12. The highest BCUT2D eigenvalue weighted by Gasteiger charge is 2.43. The maximum Gasteiger partial charge on any atom is 0.200 e. The van der Waals surface area contributed by atoms with E-state index in [1.807, 2.05) is 0 Å². The van der Waals surface area contributed by atoms with Gasteiger partial charge in [0.25, 0.3) is 0 Å². The molecular formula is C23H34F2O. The summed E-state index contributed by atoms with van der Waals surface area (Å²) >= 11 is 0. The molecule has 1 aromatic carbocycles. The van der Waals surface area contributed by atoms with E-state index in [9.17, 15) is 8.78 Å². The minimum atomic E-state index is -0.828. The largest absolute Gasteiger partial charge is 0.491 e. The Morgan fingerprint density at radius 3 is 2.23 bits per heavy atom. The summed E-state index contributed by atoms with van der Waals surface area (Å²) in [6, 6.07) is 3.28. The van der Waals surface area contributed by atoms with Crippen molar-refractivity contribution in [3.05, 3.63) is 29.3 Å². The minimum absolute atomic E-state index is 0.0281. The monoisotopic (exact) mass is 364 g/mol. The van der Waals surface area contributed by atoms with Crippen molar-refractivity contribution in [3.8, 4) is 5.75 Å². The van der Waals surface area contributed by atoms with Gasteiger partial charge >= 0.3 is 0 Å². The van der Waals surface area contributed by atoms with Gasteiger partial charge < -0.3 is 4.74 Å². The predicted octanol–water partition coefficient (Wildman–Crippen LogP) is 6.93. The molecule has 4 unspecified atom stereocenters. The fourth-order valence-electron chi connectivity index (χ4n) is 5.59. The Labute approximate surface area is 157 Å². The summed E-state index contributed by atoms with van der Waals surface area (Å²) in [5.41, 5.74) is 0.506. The minimum Gasteiger partial charge on any atom is -0.491 e. The molecule has 3 heteroatoms. The second-order valence-electron chi connectivity index (χ2n) is 8.32. The van der Waals surface area contributed by atoms with E-state index in [2.05, 4.69) is 6.92 Å². The van der Waals surface area contributed by atoms with Crippen LogP contribution >= 0.6 is 0 Å². The highest BCUT2D eigenvalue weighted by molar-refractivity contribution is 5.31. The summed E-state index contributed by atoms with van der Waals surface area (Å²) in [5, 5.41) is 0. The van der Waals surface area contributed by atoms with Gasteiger partial charge in [0.05, 0.1) is 6.61 Å². The van der Waals surface area contributed by atoms with Crippen LogP contribution in [0.2, 0.25) is 0 Å². The summed E-state index contributed by atoms with van der Waals surface area (Å²) < 4.78 is 33.5. The number of fused-ring (bicyclic) bond motifs is 1. The first-order chi connectivity index (χ1) is 12.7. The molecular weight excluding hydrogens is 330 g/mol. The van der Waals surface area contributed by atoms with Gasteiger partial charge in [0.2, 0.25) is 5.82 Å². The van der Waals surface area contributed by atoms with E-state index < -0.39 is 11.6 Å². The number of benzene rings is 1. The lowest BCUT2D eigenvalue weighted by molar-refractivity contribution is 0.290. The number of aryl methyl sites for hydroxylation is 1. The highest BCUT2D eigenvalue weighted by atomic mass is 19.2. The molecule has 26 heavy (non-hydrogen) atoms. The molecule has 2 aliphatic carbocycles. The van der Waals surface area contributed by atoms with Gasteiger partial charge in [-0.1, -0.05) is 38.7 Å². The van der Waals surface area contributed by atoms with Crippen LogP contribution in [0.1, 0.15) is 77.2 Å². The average molecular weight is 365 g/mol. The van der Waals surface area contributed by atoms with E-state index in [1.165, 1.54) is 51.4 Å². The van der Waals surface area contributed by atoms with Gasteiger partial charge in [-0.3, -0.25) is 0 Å². The van der Waals surface area contributed by atoms with Crippen molar-refractivity contribution >= 4 is 0 Å². The second kappa shape index (κ2) is 9.19. The third-order valence-electron chi connectivity index (χ3n) is 6.89. The topological polar surface area (TPSA) is 9.23 Å². The Bertz CT molecular complexity index is 586. The van der Waals surface area contributed by atoms with Crippen molar-refractivity contribution in [2.75, 3.05) is 6.61 Å². The third kappa shape index (κ3) is 4.23. The van der Waals surface area contributed by atoms with Gasteiger partial charge in [-0.15, -0.1) is 0 Å². The molecule has 0 amide bonds. The van der Waals surface area contributed by atoms with Crippen LogP contribution in [0.4, 0.5) is 8.78 Å². The molecule has 1 aromatic rings. The van der Waals surface area contributed by atoms with E-state index in [0.717, 1.165) is 24.2 Å². The standard InChI is InChI=1S/C23H34F2O/c1-3-5-6-7-16-10-13-20-17(11-14-19(16)20)8-9-18-12-15-21(26-4-2)23(25)22(18)24/h12,15-17,19-20H,3-11,13-14H2,1-2H3. The first-order valence-electron chi connectivity index (χ1n) is 10.7. The zero-order chi connectivity index (χ0) is 18.5. The van der Waals surface area contributed by atoms with E-state index in [4.69, 9.17) is 4.74 Å². The van der Waals surface area contributed by atoms with E-state index >= 15 is 0 Å². The summed E-state index contributed by atoms with van der Waals surface area (Å²) in [7, 11) is 0. The van der Waals surface area contributed by atoms with E-state index in [0.29, 0.717) is 24.5 Å². The van der Waals surface area contributed by atoms with Crippen LogP contribution in [-0.2, 0) is 6.42 Å².